The third-order valence-corrected chi connectivity index (χ3v) is 3.87. The molecule has 2 aromatic heterocycles. The molecule has 7 heteroatoms. The van der Waals surface area contributed by atoms with Crippen LogP contribution in [0, 0.1) is 0 Å². The van der Waals surface area contributed by atoms with Gasteiger partial charge in [-0.1, -0.05) is 6.07 Å². The molecule has 0 unspecified atom stereocenters. The number of oxazole rings is 1. The second-order valence-electron chi connectivity index (χ2n) is 6.08. The lowest BCUT2D eigenvalue weighted by molar-refractivity contribution is -0.120. The van der Waals surface area contributed by atoms with Crippen molar-refractivity contribution < 1.29 is 14.0 Å². The van der Waals surface area contributed by atoms with E-state index in [9.17, 15) is 9.59 Å². The molecule has 0 saturated carbocycles. The van der Waals surface area contributed by atoms with Crippen molar-refractivity contribution in [3.8, 4) is 11.6 Å². The van der Waals surface area contributed by atoms with Gasteiger partial charge in [0, 0.05) is 12.3 Å². The number of amides is 3. The molecule has 0 atom stereocenters. The van der Waals surface area contributed by atoms with E-state index < -0.39 is 11.6 Å². The smallest absolute Gasteiger partial charge is 0.329 e. The van der Waals surface area contributed by atoms with Gasteiger partial charge in [-0.05, 0) is 38.1 Å². The Morgan fingerprint density at radius 3 is 2.67 bits per heavy atom. The Morgan fingerprint density at radius 2 is 2.00 bits per heavy atom. The Balaban J connectivity index is 1.77. The number of carbonyl (C=O) groups is 2. The summed E-state index contributed by atoms with van der Waals surface area (Å²) in [4.78, 5) is 34.2. The molecule has 1 N–H and O–H groups in total. The van der Waals surface area contributed by atoms with Crippen molar-refractivity contribution in [2.45, 2.75) is 19.4 Å². The average molecular weight is 322 g/mol. The number of imide groups is 1. The maximum atomic E-state index is 12.4. The fourth-order valence-electron chi connectivity index (χ4n) is 2.63. The molecule has 1 fully saturated rings. The van der Waals surface area contributed by atoms with E-state index in [1.807, 2.05) is 12.1 Å². The van der Waals surface area contributed by atoms with E-state index in [2.05, 4.69) is 15.3 Å². The zero-order valence-electron chi connectivity index (χ0n) is 13.1. The second-order valence-corrected chi connectivity index (χ2v) is 6.08. The molecule has 0 spiro atoms. The number of rotatable bonds is 2. The van der Waals surface area contributed by atoms with Gasteiger partial charge in [0.2, 0.25) is 5.89 Å². The predicted octanol–water partition coefficient (Wildman–Crippen LogP) is 2.72. The van der Waals surface area contributed by atoms with Gasteiger partial charge in [-0.2, -0.15) is 0 Å². The first-order valence-electron chi connectivity index (χ1n) is 7.44. The highest BCUT2D eigenvalue weighted by Crippen LogP contribution is 2.29. The second kappa shape index (κ2) is 4.89. The Bertz CT molecular complexity index is 962. The standard InChI is InChI=1S/C17H14N4O3/c1-17(2)15(22)21(16(23)20-17)10-6-7-11-13(9-10)24-14(19-11)12-5-3-4-8-18-12/h3-9H,1-2H3,(H,20,23). The van der Waals surface area contributed by atoms with Gasteiger partial charge in [-0.25, -0.2) is 14.7 Å². The summed E-state index contributed by atoms with van der Waals surface area (Å²) >= 11 is 0. The highest BCUT2D eigenvalue weighted by molar-refractivity contribution is 6.23. The van der Waals surface area contributed by atoms with Crippen molar-refractivity contribution in [1.82, 2.24) is 15.3 Å². The first-order chi connectivity index (χ1) is 11.5. The molecule has 3 heterocycles. The van der Waals surface area contributed by atoms with Crippen LogP contribution in [0.25, 0.3) is 22.7 Å². The van der Waals surface area contributed by atoms with Crippen molar-refractivity contribution >= 4 is 28.7 Å². The summed E-state index contributed by atoms with van der Waals surface area (Å²) in [6, 6.07) is 10.0. The third-order valence-electron chi connectivity index (χ3n) is 3.87. The van der Waals surface area contributed by atoms with Crippen LogP contribution in [0.5, 0.6) is 0 Å². The molecule has 120 valence electrons. The normalized spacial score (nSPS) is 16.7. The summed E-state index contributed by atoms with van der Waals surface area (Å²) in [6.45, 7) is 3.33. The van der Waals surface area contributed by atoms with E-state index in [4.69, 9.17) is 4.42 Å². The highest BCUT2D eigenvalue weighted by Gasteiger charge is 2.45. The number of pyridine rings is 1. The van der Waals surface area contributed by atoms with Crippen LogP contribution < -0.4 is 10.2 Å². The van der Waals surface area contributed by atoms with Crippen LogP contribution in [0.15, 0.2) is 47.0 Å². The van der Waals surface area contributed by atoms with Crippen molar-refractivity contribution in [1.29, 1.82) is 0 Å². The molecule has 0 aliphatic carbocycles. The minimum Gasteiger partial charge on any atom is -0.435 e. The van der Waals surface area contributed by atoms with E-state index in [1.165, 1.54) is 0 Å². The van der Waals surface area contributed by atoms with Crippen LogP contribution in [-0.4, -0.2) is 27.4 Å². The number of fused-ring (bicyclic) bond motifs is 1. The maximum absolute atomic E-state index is 12.4. The number of carbonyl (C=O) groups excluding carboxylic acids is 2. The summed E-state index contributed by atoms with van der Waals surface area (Å²) in [5.41, 5.74) is 1.25. The molecule has 3 amide bonds. The molecule has 1 aliphatic rings. The molecule has 4 rings (SSSR count). The van der Waals surface area contributed by atoms with Gasteiger partial charge in [-0.15, -0.1) is 0 Å². The summed E-state index contributed by atoms with van der Waals surface area (Å²) < 4.78 is 5.73. The van der Waals surface area contributed by atoms with E-state index in [1.54, 1.807) is 44.3 Å². The van der Waals surface area contributed by atoms with Gasteiger partial charge >= 0.3 is 6.03 Å². The van der Waals surface area contributed by atoms with Crippen molar-refractivity contribution in [3.63, 3.8) is 0 Å². The first-order valence-corrected chi connectivity index (χ1v) is 7.44. The molecular formula is C17H14N4O3. The minimum absolute atomic E-state index is 0.309. The quantitative estimate of drug-likeness (QED) is 0.733. The maximum Gasteiger partial charge on any atom is 0.329 e. The van der Waals surface area contributed by atoms with E-state index in [-0.39, 0.29) is 5.91 Å². The summed E-state index contributed by atoms with van der Waals surface area (Å²) in [6.07, 6.45) is 1.66. The molecule has 0 bridgehead atoms. The van der Waals surface area contributed by atoms with Gasteiger partial charge in [0.1, 0.15) is 16.7 Å². The molecule has 1 aromatic carbocycles. The molecule has 1 aliphatic heterocycles. The van der Waals surface area contributed by atoms with Crippen LogP contribution in [0.3, 0.4) is 0 Å². The summed E-state index contributed by atoms with van der Waals surface area (Å²) in [5.74, 6) is 0.0802. The molecule has 7 nitrogen and oxygen atoms in total. The average Bonchev–Trinajstić information content (AvgIpc) is 3.06. The zero-order valence-corrected chi connectivity index (χ0v) is 13.1. The monoisotopic (exact) mass is 322 g/mol. The number of nitrogens with one attached hydrogen (secondary N) is 1. The third kappa shape index (κ3) is 2.13. The summed E-state index contributed by atoms with van der Waals surface area (Å²) in [7, 11) is 0. The molecule has 3 aromatic rings. The molecule has 24 heavy (non-hydrogen) atoms. The SMILES string of the molecule is CC1(C)NC(=O)N(c2ccc3nc(-c4ccccn4)oc3c2)C1=O. The lowest BCUT2D eigenvalue weighted by Gasteiger charge is -2.15. The predicted molar refractivity (Wildman–Crippen MR) is 87.3 cm³/mol. The number of hydrogen-bond donors (Lipinski definition) is 1. The lowest BCUT2D eigenvalue weighted by Crippen LogP contribution is -2.40. The number of hydrogen-bond acceptors (Lipinski definition) is 5. The zero-order chi connectivity index (χ0) is 16.9. The fourth-order valence-corrected chi connectivity index (χ4v) is 2.63. The first kappa shape index (κ1) is 14.4. The molecule has 0 radical (unpaired) electrons. The van der Waals surface area contributed by atoms with E-state index >= 15 is 0 Å². The van der Waals surface area contributed by atoms with Crippen LogP contribution in [0.2, 0.25) is 0 Å². The van der Waals surface area contributed by atoms with Crippen LogP contribution >= 0.6 is 0 Å². The molecular weight excluding hydrogens is 308 g/mol. The summed E-state index contributed by atoms with van der Waals surface area (Å²) in [5, 5.41) is 2.65. The van der Waals surface area contributed by atoms with Crippen molar-refractivity contribution in [2.24, 2.45) is 0 Å². The Kier molecular flexibility index (Phi) is 2.93. The lowest BCUT2D eigenvalue weighted by atomic mass is 10.1. The fraction of sp³-hybridized carbons (Fsp3) is 0.176. The van der Waals surface area contributed by atoms with Crippen molar-refractivity contribution in [2.75, 3.05) is 4.90 Å². The minimum atomic E-state index is -0.924. The van der Waals surface area contributed by atoms with Crippen molar-refractivity contribution in [3.05, 3.63) is 42.6 Å². The van der Waals surface area contributed by atoms with Crippen LogP contribution in [-0.2, 0) is 4.79 Å². The Morgan fingerprint density at radius 1 is 1.17 bits per heavy atom. The topological polar surface area (TPSA) is 88.3 Å². The van der Waals surface area contributed by atoms with Gasteiger partial charge in [0.15, 0.2) is 5.58 Å². The van der Waals surface area contributed by atoms with Crippen LogP contribution in [0.4, 0.5) is 10.5 Å². The number of aromatic nitrogens is 2. The largest absolute Gasteiger partial charge is 0.435 e. The number of benzene rings is 1. The van der Waals surface area contributed by atoms with E-state index in [0.29, 0.717) is 28.4 Å². The number of anilines is 1. The van der Waals surface area contributed by atoms with Gasteiger partial charge in [-0.3, -0.25) is 9.78 Å². The highest BCUT2D eigenvalue weighted by atomic mass is 16.3. The Hall–Kier alpha value is -3.22. The number of urea groups is 1. The van der Waals surface area contributed by atoms with Gasteiger partial charge < -0.3 is 9.73 Å². The Labute approximate surface area is 137 Å². The van der Waals surface area contributed by atoms with Gasteiger partial charge in [0.05, 0.1) is 5.69 Å². The molecule has 1 saturated heterocycles. The number of nitrogens with zero attached hydrogens (tertiary/aromatic N) is 3. The van der Waals surface area contributed by atoms with Crippen LogP contribution in [0.1, 0.15) is 13.8 Å². The van der Waals surface area contributed by atoms with Gasteiger partial charge in [0.25, 0.3) is 5.91 Å². The van der Waals surface area contributed by atoms with E-state index in [0.717, 1.165) is 4.90 Å².